The van der Waals surface area contributed by atoms with Gasteiger partial charge in [0.1, 0.15) is 11.2 Å². The van der Waals surface area contributed by atoms with Gasteiger partial charge in [0.15, 0.2) is 0 Å². The fourth-order valence-corrected chi connectivity index (χ4v) is 10.7. The van der Waals surface area contributed by atoms with Crippen molar-refractivity contribution in [1.29, 1.82) is 0 Å². The first-order chi connectivity index (χ1) is 26.3. The highest BCUT2D eigenvalue weighted by Gasteiger charge is 2.59. The normalized spacial score (nSPS) is 18.4. The molecule has 1 saturated heterocycles. The molecule has 0 bridgehead atoms. The zero-order chi connectivity index (χ0) is 36.2. The van der Waals surface area contributed by atoms with Gasteiger partial charge in [-0.15, -0.1) is 0 Å². The van der Waals surface area contributed by atoms with Crippen LogP contribution in [0.1, 0.15) is 72.2 Å². The van der Waals surface area contributed by atoms with Gasteiger partial charge in [-0.05, 0) is 112 Å². The number of benzene rings is 7. The van der Waals surface area contributed by atoms with Crippen LogP contribution in [0.3, 0.4) is 0 Å². The highest BCUT2D eigenvalue weighted by atomic mass is 16.7. The van der Waals surface area contributed by atoms with Gasteiger partial charge in [-0.25, -0.2) is 0 Å². The molecular formula is C50H37BO3. The average molecular weight is 697 g/mol. The molecule has 3 nitrogen and oxygen atoms in total. The second-order valence-electron chi connectivity index (χ2n) is 16.5. The van der Waals surface area contributed by atoms with Crippen LogP contribution in [-0.2, 0) is 20.1 Å². The third-order valence-electron chi connectivity index (χ3n) is 13.6. The molecule has 0 unspecified atom stereocenters. The van der Waals surface area contributed by atoms with Crippen molar-refractivity contribution in [2.75, 3.05) is 0 Å². The molecule has 0 saturated carbocycles. The highest BCUT2D eigenvalue weighted by Crippen LogP contribution is 2.68. The maximum absolute atomic E-state index is 6.68. The van der Waals surface area contributed by atoms with E-state index in [0.29, 0.717) is 0 Å². The first-order valence-electron chi connectivity index (χ1n) is 19.1. The maximum Gasteiger partial charge on any atom is 0.494 e. The molecule has 54 heavy (non-hydrogen) atoms. The lowest BCUT2D eigenvalue weighted by molar-refractivity contribution is 0.00578. The summed E-state index contributed by atoms with van der Waals surface area (Å²) in [7, 11) is -0.485. The van der Waals surface area contributed by atoms with Crippen molar-refractivity contribution in [1.82, 2.24) is 0 Å². The van der Waals surface area contributed by atoms with Gasteiger partial charge in [-0.2, -0.15) is 0 Å². The molecule has 12 rings (SSSR count). The SMILES string of the molecule is CC1(C)OB(c2ccc3c(c2)-c2c(ccc4oc5ccccc5c24)C32c3ccccc3C3(c4ccccc4-c4ccccc43)c3ccccc32)OC1(C)C. The molecule has 4 aliphatic rings. The zero-order valence-electron chi connectivity index (χ0n) is 30.7. The largest absolute Gasteiger partial charge is 0.494 e. The Morgan fingerprint density at radius 1 is 0.407 bits per heavy atom. The summed E-state index contributed by atoms with van der Waals surface area (Å²) in [5.41, 5.74) is 16.4. The first-order valence-corrected chi connectivity index (χ1v) is 19.1. The minimum Gasteiger partial charge on any atom is -0.456 e. The minimum absolute atomic E-state index is 0.451. The number of para-hydroxylation sites is 1. The van der Waals surface area contributed by atoms with E-state index in [9.17, 15) is 0 Å². The Labute approximate surface area is 315 Å². The fraction of sp³-hybridized carbons (Fsp3) is 0.160. The van der Waals surface area contributed by atoms with E-state index in [1.54, 1.807) is 0 Å². The number of hydrogen-bond acceptors (Lipinski definition) is 3. The van der Waals surface area contributed by atoms with Gasteiger partial charge in [0.25, 0.3) is 0 Å². The number of rotatable bonds is 1. The minimum atomic E-state index is -0.601. The van der Waals surface area contributed by atoms with Crippen LogP contribution in [-0.4, -0.2) is 18.3 Å². The van der Waals surface area contributed by atoms with Crippen molar-refractivity contribution >= 4 is 34.5 Å². The van der Waals surface area contributed by atoms with Crippen LogP contribution >= 0.6 is 0 Å². The molecule has 1 aromatic heterocycles. The van der Waals surface area contributed by atoms with Crippen molar-refractivity contribution in [3.05, 3.63) is 196 Å². The van der Waals surface area contributed by atoms with Gasteiger partial charge < -0.3 is 13.7 Å². The average Bonchev–Trinajstić information content (AvgIpc) is 3.87. The second-order valence-corrected chi connectivity index (χ2v) is 16.5. The third kappa shape index (κ3) is 3.44. The Balaban J connectivity index is 1.24. The van der Waals surface area contributed by atoms with Gasteiger partial charge in [-0.1, -0.05) is 140 Å². The quantitative estimate of drug-likeness (QED) is 0.160. The van der Waals surface area contributed by atoms with Crippen LogP contribution in [0.5, 0.6) is 0 Å². The lowest BCUT2D eigenvalue weighted by atomic mass is 9.52. The molecule has 0 radical (unpaired) electrons. The van der Waals surface area contributed by atoms with E-state index < -0.39 is 29.2 Å². The number of hydrogen-bond donors (Lipinski definition) is 0. The summed E-state index contributed by atoms with van der Waals surface area (Å²) < 4.78 is 20.0. The summed E-state index contributed by atoms with van der Waals surface area (Å²) in [4.78, 5) is 0. The summed E-state index contributed by atoms with van der Waals surface area (Å²) >= 11 is 0. The molecule has 3 aliphatic carbocycles. The lowest BCUT2D eigenvalue weighted by Gasteiger charge is -2.48. The summed E-state index contributed by atoms with van der Waals surface area (Å²) in [5.74, 6) is 0. The van der Waals surface area contributed by atoms with Gasteiger partial charge in [0.05, 0.1) is 22.0 Å². The van der Waals surface area contributed by atoms with E-state index in [0.717, 1.165) is 27.4 Å². The summed E-state index contributed by atoms with van der Waals surface area (Å²) in [5, 5.41) is 2.28. The molecule has 7 aromatic carbocycles. The van der Waals surface area contributed by atoms with E-state index in [1.165, 1.54) is 66.8 Å². The van der Waals surface area contributed by atoms with Crippen molar-refractivity contribution in [2.45, 2.75) is 49.7 Å². The molecule has 8 aromatic rings. The second kappa shape index (κ2) is 10.1. The fourth-order valence-electron chi connectivity index (χ4n) is 10.7. The van der Waals surface area contributed by atoms with Crippen LogP contribution in [0.4, 0.5) is 0 Å². The first kappa shape index (κ1) is 30.8. The van der Waals surface area contributed by atoms with Crippen LogP contribution in [0.15, 0.2) is 156 Å². The highest BCUT2D eigenvalue weighted by molar-refractivity contribution is 6.62. The van der Waals surface area contributed by atoms with Crippen LogP contribution < -0.4 is 5.46 Å². The molecule has 258 valence electrons. The van der Waals surface area contributed by atoms with E-state index in [2.05, 4.69) is 179 Å². The van der Waals surface area contributed by atoms with Gasteiger partial charge in [0, 0.05) is 10.8 Å². The van der Waals surface area contributed by atoms with E-state index in [-0.39, 0.29) is 0 Å². The molecule has 2 spiro atoms. The van der Waals surface area contributed by atoms with Crippen LogP contribution in [0.2, 0.25) is 0 Å². The van der Waals surface area contributed by atoms with E-state index >= 15 is 0 Å². The Bertz CT molecular complexity index is 2820. The van der Waals surface area contributed by atoms with Crippen molar-refractivity contribution in [3.63, 3.8) is 0 Å². The monoisotopic (exact) mass is 696 g/mol. The predicted octanol–water partition coefficient (Wildman–Crippen LogP) is 10.9. The smallest absolute Gasteiger partial charge is 0.456 e. The van der Waals surface area contributed by atoms with E-state index in [1.807, 2.05) is 0 Å². The Hall–Kier alpha value is -5.68. The molecule has 2 heterocycles. The molecular weight excluding hydrogens is 659 g/mol. The number of fused-ring (bicyclic) bond motifs is 20. The molecule has 0 atom stereocenters. The molecule has 0 N–H and O–H groups in total. The maximum atomic E-state index is 6.68. The van der Waals surface area contributed by atoms with Gasteiger partial charge in [-0.3, -0.25) is 0 Å². The summed E-state index contributed by atoms with van der Waals surface area (Å²) in [6.07, 6.45) is 0. The van der Waals surface area contributed by atoms with Crippen molar-refractivity contribution in [3.8, 4) is 22.3 Å². The molecule has 1 aliphatic heterocycles. The molecule has 0 amide bonds. The van der Waals surface area contributed by atoms with Crippen LogP contribution in [0, 0.1) is 0 Å². The summed E-state index contributed by atoms with van der Waals surface area (Å²) in [6, 6.07) is 56.6. The van der Waals surface area contributed by atoms with Crippen molar-refractivity contribution in [2.24, 2.45) is 0 Å². The standard InChI is InChI=1S/C50H37BO3/c1-47(2)48(3,4)54-51(53-47)30-25-26-37-34(29-30)45-42(27-28-44-46(45)33-17-7-14-24-43(33)52-44)50(37)40-22-12-10-20-38(40)49(39-21-11-13-23-41(39)50)35-18-8-5-15-31(35)32-16-6-9-19-36(32)49/h5-29H,1-4H3. The Morgan fingerprint density at radius 3 is 1.46 bits per heavy atom. The van der Waals surface area contributed by atoms with Crippen molar-refractivity contribution < 1.29 is 13.7 Å². The van der Waals surface area contributed by atoms with Crippen LogP contribution in [0.25, 0.3) is 44.2 Å². The Kier molecular flexibility index (Phi) is 5.75. The third-order valence-corrected chi connectivity index (χ3v) is 13.6. The Morgan fingerprint density at radius 2 is 0.870 bits per heavy atom. The van der Waals surface area contributed by atoms with Gasteiger partial charge >= 0.3 is 7.12 Å². The van der Waals surface area contributed by atoms with E-state index in [4.69, 9.17) is 13.7 Å². The summed E-state index contributed by atoms with van der Waals surface area (Å²) in [6.45, 7) is 8.49. The zero-order valence-corrected chi connectivity index (χ0v) is 30.7. The molecule has 4 heteroatoms. The van der Waals surface area contributed by atoms with Gasteiger partial charge in [0.2, 0.25) is 0 Å². The predicted molar refractivity (Wildman–Crippen MR) is 218 cm³/mol. The lowest BCUT2D eigenvalue weighted by Crippen LogP contribution is -2.44. The number of furan rings is 1. The topological polar surface area (TPSA) is 31.6 Å². The molecule has 1 fully saturated rings.